The molecule has 6 nitrogen and oxygen atoms in total. The first-order valence-corrected chi connectivity index (χ1v) is 8.20. The second kappa shape index (κ2) is 5.53. The van der Waals surface area contributed by atoms with Crippen LogP contribution in [0.4, 0.5) is 0 Å². The molecule has 2 aliphatic rings. The molecular weight excluding hydrogens is 292 g/mol. The van der Waals surface area contributed by atoms with Crippen LogP contribution in [0.3, 0.4) is 0 Å². The molecule has 3 heterocycles. The maximum absolute atomic E-state index is 13.0. The molecule has 1 atom stereocenters. The molecule has 6 heteroatoms. The number of aryl methyl sites for hydroxylation is 1. The number of piperidine rings is 1. The van der Waals surface area contributed by atoms with Crippen LogP contribution in [0.1, 0.15) is 35.4 Å². The van der Waals surface area contributed by atoms with E-state index < -0.39 is 0 Å². The van der Waals surface area contributed by atoms with Crippen molar-refractivity contribution in [3.63, 3.8) is 0 Å². The number of aromatic nitrogens is 2. The standard InChI is InChI=1S/C17H22N4O2/c1-20-8-7-19-15(20)11-21(16(22)13-2-9-23-12-13)14-10-17(14)3-5-18-6-4-17/h2,7-9,12,14,18H,3-6,10-11H2,1H3/t14-/m1/s1. The number of hydrogen-bond acceptors (Lipinski definition) is 4. The number of furan rings is 1. The van der Waals surface area contributed by atoms with Gasteiger partial charge < -0.3 is 19.2 Å². The monoisotopic (exact) mass is 314 g/mol. The highest BCUT2D eigenvalue weighted by atomic mass is 16.3. The molecule has 1 N–H and O–H groups in total. The van der Waals surface area contributed by atoms with Crippen LogP contribution in [0.5, 0.6) is 0 Å². The number of hydrogen-bond donors (Lipinski definition) is 1. The number of amides is 1. The highest BCUT2D eigenvalue weighted by Gasteiger charge is 2.58. The van der Waals surface area contributed by atoms with Crippen LogP contribution in [0.2, 0.25) is 0 Å². The number of nitrogens with one attached hydrogen (secondary N) is 1. The van der Waals surface area contributed by atoms with Crippen LogP contribution in [-0.4, -0.2) is 39.5 Å². The van der Waals surface area contributed by atoms with Gasteiger partial charge in [-0.15, -0.1) is 0 Å². The van der Waals surface area contributed by atoms with Crippen molar-refractivity contribution >= 4 is 5.91 Å². The summed E-state index contributed by atoms with van der Waals surface area (Å²) in [6.45, 7) is 2.65. The Kier molecular flexibility index (Phi) is 3.49. The van der Waals surface area contributed by atoms with E-state index in [-0.39, 0.29) is 5.91 Å². The van der Waals surface area contributed by atoms with Gasteiger partial charge in [-0.05, 0) is 43.8 Å². The van der Waals surface area contributed by atoms with E-state index in [1.54, 1.807) is 18.5 Å². The van der Waals surface area contributed by atoms with E-state index in [1.807, 2.05) is 22.7 Å². The Morgan fingerprint density at radius 3 is 3.00 bits per heavy atom. The highest BCUT2D eigenvalue weighted by molar-refractivity contribution is 5.94. The molecule has 1 spiro atoms. The van der Waals surface area contributed by atoms with E-state index in [2.05, 4.69) is 10.3 Å². The minimum absolute atomic E-state index is 0.0437. The van der Waals surface area contributed by atoms with Crippen molar-refractivity contribution in [3.05, 3.63) is 42.4 Å². The topological polar surface area (TPSA) is 63.3 Å². The molecule has 0 radical (unpaired) electrons. The van der Waals surface area contributed by atoms with Crippen molar-refractivity contribution in [3.8, 4) is 0 Å². The van der Waals surface area contributed by atoms with Gasteiger partial charge in [0, 0.05) is 25.5 Å². The van der Waals surface area contributed by atoms with E-state index in [0.717, 1.165) is 38.2 Å². The zero-order chi connectivity index (χ0) is 15.9. The Morgan fingerprint density at radius 1 is 1.52 bits per heavy atom. The molecular formula is C17H22N4O2. The smallest absolute Gasteiger partial charge is 0.257 e. The summed E-state index contributed by atoms with van der Waals surface area (Å²) in [5.74, 6) is 0.958. The van der Waals surface area contributed by atoms with E-state index >= 15 is 0 Å². The third kappa shape index (κ3) is 2.57. The summed E-state index contributed by atoms with van der Waals surface area (Å²) in [4.78, 5) is 19.4. The van der Waals surface area contributed by atoms with Gasteiger partial charge in [-0.25, -0.2) is 4.98 Å². The molecule has 2 aromatic rings. The largest absolute Gasteiger partial charge is 0.472 e. The summed E-state index contributed by atoms with van der Waals surface area (Å²) < 4.78 is 7.08. The molecule has 1 aliphatic carbocycles. The lowest BCUT2D eigenvalue weighted by atomic mass is 9.93. The van der Waals surface area contributed by atoms with Gasteiger partial charge in [0.05, 0.1) is 18.4 Å². The van der Waals surface area contributed by atoms with Crippen LogP contribution >= 0.6 is 0 Å². The summed E-state index contributed by atoms with van der Waals surface area (Å²) in [6.07, 6.45) is 10.2. The fourth-order valence-electron chi connectivity index (χ4n) is 3.81. The first kappa shape index (κ1) is 14.5. The van der Waals surface area contributed by atoms with E-state index in [4.69, 9.17) is 4.42 Å². The van der Waals surface area contributed by atoms with Gasteiger partial charge in [0.1, 0.15) is 12.1 Å². The zero-order valence-electron chi connectivity index (χ0n) is 13.4. The van der Waals surface area contributed by atoms with Crippen molar-refractivity contribution in [2.24, 2.45) is 12.5 Å². The number of imidazole rings is 1. The zero-order valence-corrected chi connectivity index (χ0v) is 13.4. The minimum atomic E-state index is 0.0437. The first-order chi connectivity index (χ1) is 11.2. The second-order valence-corrected chi connectivity index (χ2v) is 6.73. The van der Waals surface area contributed by atoms with Crippen LogP contribution < -0.4 is 5.32 Å². The van der Waals surface area contributed by atoms with Gasteiger partial charge in [-0.3, -0.25) is 4.79 Å². The second-order valence-electron chi connectivity index (χ2n) is 6.73. The van der Waals surface area contributed by atoms with Crippen molar-refractivity contribution in [1.82, 2.24) is 19.8 Å². The fourth-order valence-corrected chi connectivity index (χ4v) is 3.81. The molecule has 1 saturated carbocycles. The third-order valence-corrected chi connectivity index (χ3v) is 5.38. The summed E-state index contributed by atoms with van der Waals surface area (Å²) in [5.41, 5.74) is 0.922. The van der Waals surface area contributed by atoms with Crippen molar-refractivity contribution in [2.75, 3.05) is 13.1 Å². The van der Waals surface area contributed by atoms with Crippen molar-refractivity contribution < 1.29 is 9.21 Å². The van der Waals surface area contributed by atoms with Crippen LogP contribution in [0, 0.1) is 5.41 Å². The Labute approximate surface area is 135 Å². The first-order valence-electron chi connectivity index (χ1n) is 8.20. The predicted molar refractivity (Wildman–Crippen MR) is 84.7 cm³/mol. The van der Waals surface area contributed by atoms with Crippen molar-refractivity contribution in [2.45, 2.75) is 31.8 Å². The number of carbonyl (C=O) groups is 1. The lowest BCUT2D eigenvalue weighted by Crippen LogP contribution is -2.39. The molecule has 122 valence electrons. The Hall–Kier alpha value is -2.08. The van der Waals surface area contributed by atoms with Gasteiger partial charge >= 0.3 is 0 Å². The minimum Gasteiger partial charge on any atom is -0.472 e. The molecule has 2 aromatic heterocycles. The fraction of sp³-hybridized carbons (Fsp3) is 0.529. The highest BCUT2D eigenvalue weighted by Crippen LogP contribution is 2.56. The maximum Gasteiger partial charge on any atom is 0.257 e. The average Bonchev–Trinajstić information content (AvgIpc) is 2.98. The molecule has 2 fully saturated rings. The Balaban J connectivity index is 1.59. The van der Waals surface area contributed by atoms with Crippen LogP contribution in [0.15, 0.2) is 35.4 Å². The lowest BCUT2D eigenvalue weighted by Gasteiger charge is -2.29. The van der Waals surface area contributed by atoms with E-state index in [1.165, 1.54) is 6.26 Å². The number of carbonyl (C=O) groups excluding carboxylic acids is 1. The summed E-state index contributed by atoms with van der Waals surface area (Å²) in [5, 5.41) is 3.42. The van der Waals surface area contributed by atoms with Gasteiger partial charge in [0.2, 0.25) is 0 Å². The molecule has 0 aromatic carbocycles. The quantitative estimate of drug-likeness (QED) is 0.934. The summed E-state index contributed by atoms with van der Waals surface area (Å²) in [7, 11) is 1.97. The molecule has 0 unspecified atom stereocenters. The van der Waals surface area contributed by atoms with Gasteiger partial charge in [0.25, 0.3) is 5.91 Å². The molecule has 0 bridgehead atoms. The Bertz CT molecular complexity index is 685. The van der Waals surface area contributed by atoms with Gasteiger partial charge in [0.15, 0.2) is 0 Å². The van der Waals surface area contributed by atoms with Crippen molar-refractivity contribution in [1.29, 1.82) is 0 Å². The number of nitrogens with zero attached hydrogens (tertiary/aromatic N) is 3. The molecule has 1 aliphatic heterocycles. The average molecular weight is 314 g/mol. The molecule has 1 amide bonds. The normalized spacial score (nSPS) is 22.2. The van der Waals surface area contributed by atoms with Crippen LogP contribution in [0.25, 0.3) is 0 Å². The molecule has 1 saturated heterocycles. The lowest BCUT2D eigenvalue weighted by molar-refractivity contribution is 0.0684. The SMILES string of the molecule is Cn1ccnc1CN(C(=O)c1ccoc1)[C@@H]1CC12CCNCC2. The van der Waals surface area contributed by atoms with E-state index in [0.29, 0.717) is 23.6 Å². The predicted octanol–water partition coefficient (Wildman–Crippen LogP) is 1.80. The maximum atomic E-state index is 13.0. The summed E-state index contributed by atoms with van der Waals surface area (Å²) >= 11 is 0. The summed E-state index contributed by atoms with van der Waals surface area (Å²) in [6, 6.07) is 2.05. The number of rotatable bonds is 4. The Morgan fingerprint density at radius 2 is 2.35 bits per heavy atom. The third-order valence-electron chi connectivity index (χ3n) is 5.38. The molecule has 23 heavy (non-hydrogen) atoms. The molecule has 4 rings (SSSR count). The van der Waals surface area contributed by atoms with Gasteiger partial charge in [-0.1, -0.05) is 0 Å². The van der Waals surface area contributed by atoms with E-state index in [9.17, 15) is 4.79 Å². The van der Waals surface area contributed by atoms with Gasteiger partial charge in [-0.2, -0.15) is 0 Å². The van der Waals surface area contributed by atoms with Crippen LogP contribution in [-0.2, 0) is 13.6 Å².